The zero-order chi connectivity index (χ0) is 17.6. The number of hydrogen-bond acceptors (Lipinski definition) is 3. The van der Waals surface area contributed by atoms with Crippen LogP contribution in [0.25, 0.3) is 0 Å². The number of rotatable bonds is 4. The molecular formula is C20H20ClFN2O. The van der Waals surface area contributed by atoms with Crippen LogP contribution in [0.2, 0.25) is 5.02 Å². The van der Waals surface area contributed by atoms with Gasteiger partial charge >= 0.3 is 0 Å². The molecule has 0 unspecified atom stereocenters. The summed E-state index contributed by atoms with van der Waals surface area (Å²) >= 11 is 5.99. The summed E-state index contributed by atoms with van der Waals surface area (Å²) in [7, 11) is 0. The number of Topliss-reactive ketones (excluding diaryl/α,β-unsaturated/α-hetero) is 1. The minimum Gasteiger partial charge on any atom is -0.322 e. The zero-order valence-corrected chi connectivity index (χ0v) is 14.7. The number of nitrogens with zero attached hydrogens (tertiary/aromatic N) is 2. The van der Waals surface area contributed by atoms with Crippen LogP contribution in [-0.2, 0) is 0 Å². The first-order valence-electron chi connectivity index (χ1n) is 8.49. The summed E-state index contributed by atoms with van der Waals surface area (Å²) in [5, 5.41) is 0.649. The Morgan fingerprint density at radius 2 is 1.76 bits per heavy atom. The van der Waals surface area contributed by atoms with Gasteiger partial charge in [0.05, 0.1) is 6.54 Å². The van der Waals surface area contributed by atoms with Crippen molar-refractivity contribution in [3.05, 3.63) is 64.9 Å². The van der Waals surface area contributed by atoms with Crippen molar-refractivity contribution in [3.8, 4) is 0 Å². The van der Waals surface area contributed by atoms with E-state index >= 15 is 0 Å². The highest BCUT2D eigenvalue weighted by Crippen LogP contribution is 2.22. The molecule has 1 aliphatic rings. The monoisotopic (exact) mass is 358 g/mol. The van der Waals surface area contributed by atoms with Crippen molar-refractivity contribution in [2.75, 3.05) is 18.0 Å². The lowest BCUT2D eigenvalue weighted by atomic mass is 10.1. The summed E-state index contributed by atoms with van der Waals surface area (Å²) in [5.41, 5.74) is 1.38. The molecule has 3 nitrogen and oxygen atoms in total. The van der Waals surface area contributed by atoms with Crippen molar-refractivity contribution < 1.29 is 9.18 Å². The molecule has 0 spiro atoms. The summed E-state index contributed by atoms with van der Waals surface area (Å²) in [6, 6.07) is 13.1. The van der Waals surface area contributed by atoms with Gasteiger partial charge in [0.15, 0.2) is 5.78 Å². The SMILES string of the molecule is O=C(CN(C1=NCCCCC1)c1ccc(Cl)cc1)c1ccc(F)cc1. The van der Waals surface area contributed by atoms with Crippen LogP contribution in [0.4, 0.5) is 10.1 Å². The van der Waals surface area contributed by atoms with Gasteiger partial charge < -0.3 is 4.90 Å². The van der Waals surface area contributed by atoms with Crippen LogP contribution < -0.4 is 4.90 Å². The molecule has 130 valence electrons. The van der Waals surface area contributed by atoms with Gasteiger partial charge in [0.2, 0.25) is 0 Å². The maximum absolute atomic E-state index is 13.1. The van der Waals surface area contributed by atoms with Crippen LogP contribution in [-0.4, -0.2) is 24.7 Å². The third-order valence-electron chi connectivity index (χ3n) is 4.27. The van der Waals surface area contributed by atoms with Crippen molar-refractivity contribution in [1.82, 2.24) is 0 Å². The Kier molecular flexibility index (Phi) is 5.82. The van der Waals surface area contributed by atoms with E-state index < -0.39 is 0 Å². The van der Waals surface area contributed by atoms with E-state index in [0.29, 0.717) is 10.6 Å². The van der Waals surface area contributed by atoms with Crippen molar-refractivity contribution in [3.63, 3.8) is 0 Å². The molecular weight excluding hydrogens is 339 g/mol. The molecule has 0 bridgehead atoms. The summed E-state index contributed by atoms with van der Waals surface area (Å²) in [6.07, 6.45) is 4.13. The molecule has 0 radical (unpaired) electrons. The molecule has 1 heterocycles. The third-order valence-corrected chi connectivity index (χ3v) is 4.52. The number of anilines is 1. The average molecular weight is 359 g/mol. The number of amidine groups is 1. The molecule has 5 heteroatoms. The van der Waals surface area contributed by atoms with Gasteiger partial charge in [0.25, 0.3) is 0 Å². The minimum absolute atomic E-state index is 0.0677. The van der Waals surface area contributed by atoms with Crippen LogP contribution in [0, 0.1) is 5.82 Å². The molecule has 0 saturated carbocycles. The number of aliphatic imine (C=N–C) groups is 1. The van der Waals surface area contributed by atoms with E-state index in [1.807, 2.05) is 29.2 Å². The van der Waals surface area contributed by atoms with E-state index in [-0.39, 0.29) is 18.1 Å². The van der Waals surface area contributed by atoms with Crippen LogP contribution in [0.1, 0.15) is 36.0 Å². The van der Waals surface area contributed by atoms with Crippen LogP contribution in [0.5, 0.6) is 0 Å². The second-order valence-electron chi connectivity index (χ2n) is 6.10. The highest BCUT2D eigenvalue weighted by molar-refractivity contribution is 6.30. The first-order chi connectivity index (χ1) is 12.1. The molecule has 0 aromatic heterocycles. The summed E-state index contributed by atoms with van der Waals surface area (Å²) < 4.78 is 13.1. The largest absolute Gasteiger partial charge is 0.322 e. The molecule has 0 fully saturated rings. The Morgan fingerprint density at radius 1 is 1.04 bits per heavy atom. The van der Waals surface area contributed by atoms with E-state index in [9.17, 15) is 9.18 Å². The minimum atomic E-state index is -0.348. The fourth-order valence-electron chi connectivity index (χ4n) is 2.90. The lowest BCUT2D eigenvalue weighted by Crippen LogP contribution is -2.36. The third kappa shape index (κ3) is 4.67. The molecule has 0 saturated heterocycles. The smallest absolute Gasteiger partial charge is 0.182 e. The number of benzene rings is 2. The van der Waals surface area contributed by atoms with Crippen molar-refractivity contribution in [1.29, 1.82) is 0 Å². The molecule has 0 atom stereocenters. The second-order valence-corrected chi connectivity index (χ2v) is 6.54. The first kappa shape index (κ1) is 17.6. The predicted molar refractivity (Wildman–Crippen MR) is 100 cm³/mol. The van der Waals surface area contributed by atoms with E-state index in [1.54, 1.807) is 0 Å². The maximum atomic E-state index is 13.1. The van der Waals surface area contributed by atoms with Crippen molar-refractivity contribution in [2.24, 2.45) is 4.99 Å². The Hall–Kier alpha value is -2.20. The zero-order valence-electron chi connectivity index (χ0n) is 13.9. The summed E-state index contributed by atoms with van der Waals surface area (Å²) in [6.45, 7) is 0.955. The van der Waals surface area contributed by atoms with Crippen molar-refractivity contribution >= 4 is 28.9 Å². The Bertz CT molecular complexity index is 756. The molecule has 25 heavy (non-hydrogen) atoms. The Morgan fingerprint density at radius 3 is 2.48 bits per heavy atom. The van der Waals surface area contributed by atoms with E-state index in [4.69, 9.17) is 11.6 Å². The lowest BCUT2D eigenvalue weighted by molar-refractivity contribution is 0.100. The van der Waals surface area contributed by atoms with Gasteiger partial charge in [-0.05, 0) is 61.4 Å². The standard InChI is InChI=1S/C20H20ClFN2O/c21-16-7-11-18(12-8-16)24(20-4-2-1-3-13-23-20)14-19(25)15-5-9-17(22)10-6-15/h5-12H,1-4,13-14H2. The summed E-state index contributed by atoms with van der Waals surface area (Å²) in [5.74, 6) is 0.511. The van der Waals surface area contributed by atoms with Crippen LogP contribution >= 0.6 is 11.6 Å². The van der Waals surface area contributed by atoms with E-state index in [1.165, 1.54) is 24.3 Å². The van der Waals surface area contributed by atoms with Crippen molar-refractivity contribution in [2.45, 2.75) is 25.7 Å². The van der Waals surface area contributed by atoms with Gasteiger partial charge in [-0.3, -0.25) is 9.79 Å². The van der Waals surface area contributed by atoms with Gasteiger partial charge in [-0.25, -0.2) is 4.39 Å². The van der Waals surface area contributed by atoms with Gasteiger partial charge in [0.1, 0.15) is 11.7 Å². The quantitative estimate of drug-likeness (QED) is 0.709. The number of carbonyl (C=O) groups is 1. The number of ketones is 1. The fourth-order valence-corrected chi connectivity index (χ4v) is 3.03. The molecule has 1 aliphatic heterocycles. The predicted octanol–water partition coefficient (Wildman–Crippen LogP) is 5.14. The second kappa shape index (κ2) is 8.26. The van der Waals surface area contributed by atoms with Crippen LogP contribution in [0.15, 0.2) is 53.5 Å². The normalized spacial score (nSPS) is 14.6. The van der Waals surface area contributed by atoms with E-state index in [2.05, 4.69) is 4.99 Å². The molecule has 3 rings (SSSR count). The highest BCUT2D eigenvalue weighted by atomic mass is 35.5. The molecule has 2 aromatic carbocycles. The summed E-state index contributed by atoms with van der Waals surface area (Å²) in [4.78, 5) is 19.3. The number of halogens is 2. The van der Waals surface area contributed by atoms with Gasteiger partial charge in [-0.1, -0.05) is 18.0 Å². The topological polar surface area (TPSA) is 32.7 Å². The molecule has 0 amide bonds. The van der Waals surface area contributed by atoms with Gasteiger partial charge in [-0.15, -0.1) is 0 Å². The Balaban J connectivity index is 1.87. The number of hydrogen-bond donors (Lipinski definition) is 0. The first-order valence-corrected chi connectivity index (χ1v) is 8.86. The lowest BCUT2D eigenvalue weighted by Gasteiger charge is -2.25. The van der Waals surface area contributed by atoms with Crippen LogP contribution in [0.3, 0.4) is 0 Å². The van der Waals surface area contributed by atoms with Gasteiger partial charge in [0, 0.05) is 29.2 Å². The van der Waals surface area contributed by atoms with Gasteiger partial charge in [-0.2, -0.15) is 0 Å². The molecule has 2 aromatic rings. The Labute approximate surface area is 152 Å². The molecule has 0 aliphatic carbocycles. The maximum Gasteiger partial charge on any atom is 0.182 e. The highest BCUT2D eigenvalue weighted by Gasteiger charge is 2.19. The fraction of sp³-hybridized carbons (Fsp3) is 0.300. The average Bonchev–Trinajstić information content (AvgIpc) is 2.90. The number of carbonyl (C=O) groups excluding carboxylic acids is 1. The van der Waals surface area contributed by atoms with E-state index in [0.717, 1.165) is 43.8 Å². The molecule has 0 N–H and O–H groups in total.